The number of likely N-dealkylation sites (tertiary alicyclic amines) is 1. The summed E-state index contributed by atoms with van der Waals surface area (Å²) in [4.78, 5) is 64.9. The van der Waals surface area contributed by atoms with Crippen LogP contribution in [0.25, 0.3) is 10.9 Å². The monoisotopic (exact) mass is 859 g/mol. The van der Waals surface area contributed by atoms with E-state index in [0.29, 0.717) is 31.0 Å². The van der Waals surface area contributed by atoms with Crippen LogP contribution in [0.5, 0.6) is 0 Å². The Labute approximate surface area is 370 Å². The maximum atomic E-state index is 15.2. The molecule has 334 valence electrons. The second kappa shape index (κ2) is 17.2. The number of anilines is 2. The van der Waals surface area contributed by atoms with Crippen LogP contribution in [-0.4, -0.2) is 142 Å². The molecule has 6 aliphatic heterocycles. The predicted octanol–water partition coefficient (Wildman–Crippen LogP) is 5.55. The van der Waals surface area contributed by atoms with Gasteiger partial charge in [0.1, 0.15) is 11.7 Å². The van der Waals surface area contributed by atoms with Crippen LogP contribution in [0.2, 0.25) is 0 Å². The number of piperidine rings is 3. The lowest BCUT2D eigenvalue weighted by atomic mass is 9.88. The Hall–Kier alpha value is -4.92. The molecule has 8 heterocycles. The van der Waals surface area contributed by atoms with Gasteiger partial charge in [-0.05, 0) is 120 Å². The molecule has 0 bridgehead atoms. The highest BCUT2D eigenvalue weighted by Crippen LogP contribution is 2.42. The first-order chi connectivity index (χ1) is 30.4. The van der Waals surface area contributed by atoms with Crippen LogP contribution >= 0.6 is 0 Å². The maximum absolute atomic E-state index is 15.2. The van der Waals surface area contributed by atoms with E-state index in [9.17, 15) is 14.4 Å². The van der Waals surface area contributed by atoms with Gasteiger partial charge in [-0.1, -0.05) is 18.2 Å². The zero-order valence-corrected chi connectivity index (χ0v) is 37.2. The minimum absolute atomic E-state index is 0.121. The van der Waals surface area contributed by atoms with Gasteiger partial charge >= 0.3 is 0 Å². The highest BCUT2D eigenvalue weighted by atomic mass is 19.1. The Morgan fingerprint density at radius 2 is 1.49 bits per heavy atom. The van der Waals surface area contributed by atoms with E-state index in [2.05, 4.69) is 72.1 Å². The van der Waals surface area contributed by atoms with E-state index in [0.717, 1.165) is 105 Å². The minimum Gasteiger partial charge on any atom is -0.369 e. The molecule has 2 N–H and O–H groups in total. The first-order valence-electron chi connectivity index (χ1n) is 23.5. The molecule has 4 fully saturated rings. The fourth-order valence-electron chi connectivity index (χ4n) is 11.5. The number of nitrogens with one attached hydrogen (secondary N) is 2. The lowest BCUT2D eigenvalue weighted by Gasteiger charge is -2.42. The van der Waals surface area contributed by atoms with Gasteiger partial charge < -0.3 is 24.6 Å². The van der Waals surface area contributed by atoms with E-state index in [-0.39, 0.29) is 36.2 Å². The third kappa shape index (κ3) is 8.70. The number of benzene rings is 2. The van der Waals surface area contributed by atoms with Gasteiger partial charge in [0.2, 0.25) is 17.8 Å². The zero-order chi connectivity index (χ0) is 43.4. The minimum atomic E-state index is -1.33. The topological polar surface area (TPSA) is 124 Å². The molecule has 0 saturated carbocycles. The highest BCUT2D eigenvalue weighted by Gasteiger charge is 2.41. The molecule has 6 aliphatic rings. The number of nitrogens with zero attached hydrogens (tertiary/aromatic N) is 8. The van der Waals surface area contributed by atoms with E-state index in [1.165, 1.54) is 43.4 Å². The average molecular weight is 859 g/mol. The number of imide groups is 1. The van der Waals surface area contributed by atoms with E-state index >= 15 is 4.39 Å². The highest BCUT2D eigenvalue weighted by molar-refractivity contribution is 6.05. The maximum Gasteiger partial charge on any atom is 0.255 e. The molecule has 10 rings (SSSR count). The number of para-hydroxylation sites is 1. The molecular weight excluding hydrogens is 796 g/mol. The van der Waals surface area contributed by atoms with E-state index in [1.807, 2.05) is 24.5 Å². The number of rotatable bonds is 10. The van der Waals surface area contributed by atoms with E-state index in [1.54, 1.807) is 18.7 Å². The van der Waals surface area contributed by atoms with Gasteiger partial charge in [0.15, 0.2) is 0 Å². The number of carbonyl (C=O) groups is 3. The number of piperazine rings is 1. The molecular formula is C49H63FN10O3. The van der Waals surface area contributed by atoms with Gasteiger partial charge in [0.25, 0.3) is 5.91 Å². The SMILES string of the molecule is C[C@@H]1Cc2c([nH]c3ccccc23)[C@@H](c2cnc(N3CCC(CN4CCC(CN5CCN(c6ccc7c(c6)CN(C6CCC(=O)NC6=O)C7=O)CC5)CC4)CC3)nc2)N1CC(C)(C)F. The quantitative estimate of drug-likeness (QED) is 0.196. The molecule has 3 atom stereocenters. The Morgan fingerprint density at radius 1 is 0.810 bits per heavy atom. The summed E-state index contributed by atoms with van der Waals surface area (Å²) in [5, 5.41) is 3.64. The normalized spacial score (nSPS) is 24.9. The number of hydrogen-bond acceptors (Lipinski definition) is 10. The summed E-state index contributed by atoms with van der Waals surface area (Å²) in [6, 6.07) is 14.0. The number of halogens is 1. The molecule has 4 aromatic rings. The summed E-state index contributed by atoms with van der Waals surface area (Å²) in [5.41, 5.74) is 6.01. The summed E-state index contributed by atoms with van der Waals surface area (Å²) in [5.74, 6) is 1.45. The second-order valence-corrected chi connectivity index (χ2v) is 19.9. The summed E-state index contributed by atoms with van der Waals surface area (Å²) in [6.45, 7) is 16.9. The van der Waals surface area contributed by atoms with Crippen LogP contribution in [0.3, 0.4) is 0 Å². The Kier molecular flexibility index (Phi) is 11.5. The number of alkyl halides is 1. The zero-order valence-electron chi connectivity index (χ0n) is 37.2. The molecule has 2 aromatic carbocycles. The molecule has 4 saturated heterocycles. The molecule has 2 aromatic heterocycles. The molecule has 0 aliphatic carbocycles. The number of aromatic amines is 1. The average Bonchev–Trinajstić information content (AvgIpc) is 3.81. The van der Waals surface area contributed by atoms with Crippen molar-refractivity contribution in [3.63, 3.8) is 0 Å². The van der Waals surface area contributed by atoms with Crippen molar-refractivity contribution < 1.29 is 18.8 Å². The molecule has 0 spiro atoms. The standard InChI is InChI=1S/C49H63FN10O3/c1-32-24-40-39-6-4-5-7-41(39)53-44(40)45(60(32)31-49(2,3)50)36-26-51-48(52-27-36)58-18-14-34(15-19-58)28-55-16-12-33(13-17-55)29-56-20-22-57(23-21-56)37-8-9-38-35(25-37)30-59(47(38)63)42-10-11-43(61)54-46(42)62/h4-9,25-27,32-34,42,45,53H,10-24,28-31H2,1-3H3,(H,54,61,62)/t32-,42?,45-/m1/s1. The Balaban J connectivity index is 0.672. The fraction of sp³-hybridized carbons (Fsp3) is 0.571. The van der Waals surface area contributed by atoms with Crippen molar-refractivity contribution in [2.24, 2.45) is 11.8 Å². The van der Waals surface area contributed by atoms with Crippen LogP contribution < -0.4 is 15.1 Å². The van der Waals surface area contributed by atoms with Gasteiger partial charge in [-0.2, -0.15) is 0 Å². The molecule has 14 heteroatoms. The van der Waals surface area contributed by atoms with Gasteiger partial charge in [-0.25, -0.2) is 14.4 Å². The van der Waals surface area contributed by atoms with E-state index in [4.69, 9.17) is 9.97 Å². The van der Waals surface area contributed by atoms with Gasteiger partial charge in [-0.15, -0.1) is 0 Å². The first-order valence-corrected chi connectivity index (χ1v) is 23.5. The first kappa shape index (κ1) is 42.1. The van der Waals surface area contributed by atoms with E-state index < -0.39 is 11.7 Å². The van der Waals surface area contributed by atoms with Crippen molar-refractivity contribution >= 4 is 40.3 Å². The molecule has 63 heavy (non-hydrogen) atoms. The summed E-state index contributed by atoms with van der Waals surface area (Å²) >= 11 is 0. The second-order valence-electron chi connectivity index (χ2n) is 19.9. The fourth-order valence-corrected chi connectivity index (χ4v) is 11.5. The van der Waals surface area contributed by atoms with Crippen molar-refractivity contribution in [3.8, 4) is 0 Å². The Bertz CT molecular complexity index is 2320. The van der Waals surface area contributed by atoms with Gasteiger partial charge in [-0.3, -0.25) is 29.5 Å². The molecule has 1 unspecified atom stereocenters. The largest absolute Gasteiger partial charge is 0.369 e. The molecule has 0 radical (unpaired) electrons. The summed E-state index contributed by atoms with van der Waals surface area (Å²) < 4.78 is 15.2. The third-order valence-electron chi connectivity index (χ3n) is 14.9. The number of carbonyl (C=O) groups excluding carboxylic acids is 3. The molecule has 13 nitrogen and oxygen atoms in total. The Morgan fingerprint density at radius 3 is 2.19 bits per heavy atom. The van der Waals surface area contributed by atoms with Crippen LogP contribution in [-0.2, 0) is 22.6 Å². The third-order valence-corrected chi connectivity index (χ3v) is 14.9. The van der Waals surface area contributed by atoms with Crippen LogP contribution in [0.15, 0.2) is 54.9 Å². The predicted molar refractivity (Wildman–Crippen MR) is 242 cm³/mol. The smallest absolute Gasteiger partial charge is 0.255 e. The van der Waals surface area contributed by atoms with Crippen LogP contribution in [0, 0.1) is 11.8 Å². The van der Waals surface area contributed by atoms with Crippen molar-refractivity contribution in [2.75, 3.05) is 81.8 Å². The van der Waals surface area contributed by atoms with Crippen LogP contribution in [0.4, 0.5) is 16.0 Å². The van der Waals surface area contributed by atoms with Gasteiger partial charge in [0.05, 0.1) is 6.04 Å². The van der Waals surface area contributed by atoms with Crippen molar-refractivity contribution in [2.45, 2.75) is 96.1 Å². The lowest BCUT2D eigenvalue weighted by Crippen LogP contribution is -2.52. The number of amides is 3. The number of fused-ring (bicyclic) bond motifs is 4. The van der Waals surface area contributed by atoms with Crippen LogP contribution in [0.1, 0.15) is 98.1 Å². The number of aromatic nitrogens is 3. The van der Waals surface area contributed by atoms with Crippen molar-refractivity contribution in [1.82, 2.24) is 39.9 Å². The van der Waals surface area contributed by atoms with Gasteiger partial charge in [0, 0.05) is 124 Å². The number of hydrogen-bond donors (Lipinski definition) is 2. The van der Waals surface area contributed by atoms with Crippen molar-refractivity contribution in [3.05, 3.63) is 82.8 Å². The van der Waals surface area contributed by atoms with Crippen molar-refractivity contribution in [1.29, 1.82) is 0 Å². The summed E-state index contributed by atoms with van der Waals surface area (Å²) in [7, 11) is 0. The molecule has 3 amide bonds. The summed E-state index contributed by atoms with van der Waals surface area (Å²) in [6.07, 6.45) is 10.3. The number of H-pyrrole nitrogens is 1. The lowest BCUT2D eigenvalue weighted by molar-refractivity contribution is -0.136.